The zero-order valence-corrected chi connectivity index (χ0v) is 17.4. The summed E-state index contributed by atoms with van der Waals surface area (Å²) in [6.07, 6.45) is -1.61. The molecule has 0 aliphatic rings. The molecular weight excluding hydrogens is 421 g/mol. The van der Waals surface area contributed by atoms with Crippen molar-refractivity contribution in [3.05, 3.63) is 52.3 Å². The van der Waals surface area contributed by atoms with E-state index in [0.29, 0.717) is 34.6 Å². The highest BCUT2D eigenvalue weighted by Gasteiger charge is 2.27. The lowest BCUT2D eigenvalue weighted by molar-refractivity contribution is -0.123. The number of nitrogens with one attached hydrogen (secondary N) is 2. The van der Waals surface area contributed by atoms with Crippen LogP contribution in [0.5, 0.6) is 0 Å². The van der Waals surface area contributed by atoms with E-state index in [1.165, 1.54) is 30.3 Å². The molecule has 2 aromatic rings. The average Bonchev–Trinajstić information content (AvgIpc) is 2.90. The Morgan fingerprint density at radius 3 is 2.43 bits per heavy atom. The lowest BCUT2D eigenvalue weighted by atomic mass is 10.2. The van der Waals surface area contributed by atoms with Crippen LogP contribution in [0.3, 0.4) is 0 Å². The normalized spacial score (nSPS) is 11.9. The molecule has 0 atom stereocenters. The highest BCUT2D eigenvalue weighted by atomic mass is 35.5. The van der Waals surface area contributed by atoms with Crippen LogP contribution in [0.15, 0.2) is 30.3 Å². The Labute approximate surface area is 177 Å². The number of halogens is 4. The van der Waals surface area contributed by atoms with Crippen molar-refractivity contribution in [3.63, 3.8) is 0 Å². The summed E-state index contributed by atoms with van der Waals surface area (Å²) >= 11 is 6.33. The second kappa shape index (κ2) is 9.80. The third-order valence-electron chi connectivity index (χ3n) is 3.91. The number of aryl methyl sites for hydroxylation is 1. The van der Waals surface area contributed by atoms with Crippen molar-refractivity contribution in [2.24, 2.45) is 5.92 Å². The predicted octanol–water partition coefficient (Wildman–Crippen LogP) is 4.44. The fraction of sp³-hybridized carbons (Fsp3) is 0.350. The van der Waals surface area contributed by atoms with Gasteiger partial charge in [0.05, 0.1) is 5.69 Å². The molecule has 0 aliphatic carbocycles. The maximum Gasteiger partial charge on any atom is 0.405 e. The lowest BCUT2D eigenvalue weighted by Crippen LogP contribution is -2.33. The molecule has 162 valence electrons. The Kier molecular flexibility index (Phi) is 7.66. The van der Waals surface area contributed by atoms with Crippen LogP contribution in [0.1, 0.15) is 35.5 Å². The van der Waals surface area contributed by atoms with Crippen molar-refractivity contribution >= 4 is 35.2 Å². The van der Waals surface area contributed by atoms with Crippen molar-refractivity contribution in [2.45, 2.75) is 33.5 Å². The molecule has 10 heteroatoms. The number of alkyl halides is 3. The van der Waals surface area contributed by atoms with Gasteiger partial charge in [-0.1, -0.05) is 25.4 Å². The van der Waals surface area contributed by atoms with Crippen LogP contribution in [0, 0.1) is 12.8 Å². The molecule has 0 aliphatic heterocycles. The first-order valence-electron chi connectivity index (χ1n) is 9.13. The molecule has 2 rings (SSSR count). The van der Waals surface area contributed by atoms with E-state index >= 15 is 0 Å². The summed E-state index contributed by atoms with van der Waals surface area (Å²) in [4.78, 5) is 23.8. The standard InChI is InChI=1S/C20H22ClF3N4O2/c1-12(2)10-28-18(21)16(13(3)27-28)8-9-17(29)26-15-6-4-14(5-7-15)19(30)25-11-20(22,23)24/h4-9,12H,10-11H2,1-3H3,(H,25,30)(H,26,29)/b9-8+. The number of hydrogen-bond acceptors (Lipinski definition) is 3. The number of benzene rings is 1. The molecule has 1 aromatic carbocycles. The molecule has 0 unspecified atom stereocenters. The Morgan fingerprint density at radius 1 is 1.23 bits per heavy atom. The van der Waals surface area contributed by atoms with Crippen LogP contribution < -0.4 is 10.6 Å². The number of carbonyl (C=O) groups excluding carboxylic acids is 2. The molecular formula is C20H22ClF3N4O2. The summed E-state index contributed by atoms with van der Waals surface area (Å²) in [5.74, 6) is -0.926. The van der Waals surface area contributed by atoms with E-state index in [0.717, 1.165) is 0 Å². The predicted molar refractivity (Wildman–Crippen MR) is 109 cm³/mol. The van der Waals surface area contributed by atoms with Gasteiger partial charge in [0.1, 0.15) is 11.7 Å². The molecule has 0 bridgehead atoms. The lowest BCUT2D eigenvalue weighted by Gasteiger charge is -2.09. The number of anilines is 1. The van der Waals surface area contributed by atoms with Crippen molar-refractivity contribution in [2.75, 3.05) is 11.9 Å². The quantitative estimate of drug-likeness (QED) is 0.622. The summed E-state index contributed by atoms with van der Waals surface area (Å²) in [5.41, 5.74) is 1.77. The molecule has 0 fully saturated rings. The zero-order valence-electron chi connectivity index (χ0n) is 16.7. The first kappa shape index (κ1) is 23.5. The number of carbonyl (C=O) groups is 2. The van der Waals surface area contributed by atoms with Crippen molar-refractivity contribution in [1.29, 1.82) is 0 Å². The van der Waals surface area contributed by atoms with Crippen LogP contribution in [-0.4, -0.2) is 34.3 Å². The van der Waals surface area contributed by atoms with Crippen LogP contribution in [-0.2, 0) is 11.3 Å². The number of rotatable bonds is 7. The van der Waals surface area contributed by atoms with Gasteiger partial charge in [0.25, 0.3) is 5.91 Å². The van der Waals surface area contributed by atoms with Gasteiger partial charge in [0, 0.05) is 29.4 Å². The second-order valence-corrected chi connectivity index (χ2v) is 7.42. The minimum Gasteiger partial charge on any atom is -0.343 e. The second-order valence-electron chi connectivity index (χ2n) is 7.06. The van der Waals surface area contributed by atoms with Gasteiger partial charge in [0.2, 0.25) is 5.91 Å². The van der Waals surface area contributed by atoms with Crippen molar-refractivity contribution in [1.82, 2.24) is 15.1 Å². The number of aromatic nitrogens is 2. The summed E-state index contributed by atoms with van der Waals surface area (Å²) < 4.78 is 38.2. The zero-order chi connectivity index (χ0) is 22.5. The van der Waals surface area contributed by atoms with Crippen molar-refractivity contribution in [3.8, 4) is 0 Å². The highest BCUT2D eigenvalue weighted by Crippen LogP contribution is 2.22. The average molecular weight is 443 g/mol. The summed E-state index contributed by atoms with van der Waals surface area (Å²) in [5, 5.41) is 9.19. The third kappa shape index (κ3) is 6.91. The molecule has 0 saturated carbocycles. The van der Waals surface area contributed by atoms with Gasteiger partial charge in [-0.15, -0.1) is 0 Å². The van der Waals surface area contributed by atoms with E-state index in [-0.39, 0.29) is 5.56 Å². The fourth-order valence-corrected chi connectivity index (χ4v) is 2.86. The SMILES string of the molecule is Cc1nn(CC(C)C)c(Cl)c1/C=C/C(=O)Nc1ccc(C(=O)NCC(F)(F)F)cc1. The van der Waals surface area contributed by atoms with Crippen LogP contribution >= 0.6 is 11.6 Å². The maximum atomic E-state index is 12.2. The number of nitrogens with zero attached hydrogens (tertiary/aromatic N) is 2. The summed E-state index contributed by atoms with van der Waals surface area (Å²) in [6.45, 7) is 5.12. The van der Waals surface area contributed by atoms with Crippen LogP contribution in [0.2, 0.25) is 5.15 Å². The molecule has 1 aromatic heterocycles. The minimum absolute atomic E-state index is 0.0489. The molecule has 0 radical (unpaired) electrons. The molecule has 0 saturated heterocycles. The van der Waals surface area contributed by atoms with Gasteiger partial charge >= 0.3 is 6.18 Å². The molecule has 30 heavy (non-hydrogen) atoms. The highest BCUT2D eigenvalue weighted by molar-refractivity contribution is 6.31. The van der Waals surface area contributed by atoms with Crippen molar-refractivity contribution < 1.29 is 22.8 Å². The first-order chi connectivity index (χ1) is 14.0. The Morgan fingerprint density at radius 2 is 1.87 bits per heavy atom. The molecule has 2 N–H and O–H groups in total. The van der Waals surface area contributed by atoms with E-state index in [2.05, 4.69) is 10.4 Å². The van der Waals surface area contributed by atoms with Crippen LogP contribution in [0.4, 0.5) is 18.9 Å². The fourth-order valence-electron chi connectivity index (χ4n) is 2.55. The summed E-state index contributed by atoms with van der Waals surface area (Å²) in [6, 6.07) is 5.49. The van der Waals surface area contributed by atoms with Gasteiger partial charge in [-0.3, -0.25) is 14.3 Å². The number of hydrogen-bond donors (Lipinski definition) is 2. The largest absolute Gasteiger partial charge is 0.405 e. The van der Waals surface area contributed by atoms with Crippen LogP contribution in [0.25, 0.3) is 6.08 Å². The third-order valence-corrected chi connectivity index (χ3v) is 4.31. The summed E-state index contributed by atoms with van der Waals surface area (Å²) in [7, 11) is 0. The van der Waals surface area contributed by atoms with Gasteiger partial charge < -0.3 is 10.6 Å². The first-order valence-corrected chi connectivity index (χ1v) is 9.51. The van der Waals surface area contributed by atoms with Gasteiger partial charge in [-0.05, 0) is 43.2 Å². The van der Waals surface area contributed by atoms with E-state index < -0.39 is 24.5 Å². The topological polar surface area (TPSA) is 76.0 Å². The smallest absolute Gasteiger partial charge is 0.343 e. The van der Waals surface area contributed by atoms with E-state index in [1.807, 2.05) is 13.8 Å². The van der Waals surface area contributed by atoms with E-state index in [9.17, 15) is 22.8 Å². The van der Waals surface area contributed by atoms with Gasteiger partial charge in [-0.25, -0.2) is 0 Å². The van der Waals surface area contributed by atoms with E-state index in [1.54, 1.807) is 23.0 Å². The molecule has 0 spiro atoms. The Bertz CT molecular complexity index is 935. The monoisotopic (exact) mass is 442 g/mol. The number of amides is 2. The molecule has 6 nitrogen and oxygen atoms in total. The Hall–Kier alpha value is -2.81. The van der Waals surface area contributed by atoms with Gasteiger partial charge in [0.15, 0.2) is 0 Å². The maximum absolute atomic E-state index is 12.2. The van der Waals surface area contributed by atoms with Gasteiger partial charge in [-0.2, -0.15) is 18.3 Å². The molecule has 2 amide bonds. The Balaban J connectivity index is 1.98. The molecule has 1 heterocycles. The minimum atomic E-state index is -4.48. The van der Waals surface area contributed by atoms with E-state index in [4.69, 9.17) is 11.6 Å².